The maximum Gasteiger partial charge on any atom is 0.363 e. The highest BCUT2D eigenvalue weighted by Gasteiger charge is 2.28. The van der Waals surface area contributed by atoms with Gasteiger partial charge in [0.25, 0.3) is 0 Å². The van der Waals surface area contributed by atoms with E-state index in [0.29, 0.717) is 18.8 Å². The summed E-state index contributed by atoms with van der Waals surface area (Å²) in [5, 5.41) is 6.44. The molecular weight excluding hydrogens is 462 g/mol. The summed E-state index contributed by atoms with van der Waals surface area (Å²) in [6.45, 7) is 4.87. The monoisotopic (exact) mass is 486 g/mol. The summed E-state index contributed by atoms with van der Waals surface area (Å²) >= 11 is 0. The summed E-state index contributed by atoms with van der Waals surface area (Å²) in [4.78, 5) is 33.2. The zero-order valence-corrected chi connectivity index (χ0v) is 19.2. The minimum absolute atomic E-state index is 0.0103. The number of halogens is 2. The van der Waals surface area contributed by atoms with Gasteiger partial charge in [0.15, 0.2) is 28.7 Å². The van der Waals surface area contributed by atoms with Crippen molar-refractivity contribution in [3.8, 4) is 22.8 Å². The SMILES string of the molecule is C=CC(=O)N[C@H]1CCNCC1Cc1ncc2cc(-c3c(F)c(OC)cc(OC)c3F)oc(=O)c2n1. The molecule has 3 heterocycles. The molecule has 0 saturated carbocycles. The number of aromatic nitrogens is 2. The van der Waals surface area contributed by atoms with Crippen molar-refractivity contribution < 1.29 is 27.5 Å². The Bertz CT molecular complexity index is 1320. The number of fused-ring (bicyclic) bond motifs is 1. The van der Waals surface area contributed by atoms with Crippen LogP contribution in [0, 0.1) is 17.6 Å². The lowest BCUT2D eigenvalue weighted by Crippen LogP contribution is -2.50. The number of hydrogen-bond acceptors (Lipinski definition) is 8. The van der Waals surface area contributed by atoms with Crippen molar-refractivity contribution in [3.63, 3.8) is 0 Å². The Morgan fingerprint density at radius 3 is 2.66 bits per heavy atom. The number of hydrogen-bond donors (Lipinski definition) is 2. The second-order valence-corrected chi connectivity index (χ2v) is 8.05. The number of methoxy groups -OCH3 is 2. The molecule has 2 aromatic heterocycles. The molecule has 1 amide bonds. The van der Waals surface area contributed by atoms with Crippen LogP contribution in [0.1, 0.15) is 12.2 Å². The van der Waals surface area contributed by atoms with Crippen LogP contribution in [-0.4, -0.2) is 49.2 Å². The van der Waals surface area contributed by atoms with E-state index in [-0.39, 0.29) is 46.0 Å². The van der Waals surface area contributed by atoms with Crippen LogP contribution in [0.5, 0.6) is 11.5 Å². The summed E-state index contributed by atoms with van der Waals surface area (Å²) in [5.41, 5.74) is -1.50. The molecule has 35 heavy (non-hydrogen) atoms. The number of nitrogens with zero attached hydrogens (tertiary/aromatic N) is 2. The molecule has 0 aliphatic carbocycles. The molecule has 1 fully saturated rings. The van der Waals surface area contributed by atoms with Crippen LogP contribution in [0.15, 0.2) is 40.2 Å². The fourth-order valence-corrected chi connectivity index (χ4v) is 4.14. The van der Waals surface area contributed by atoms with Gasteiger partial charge in [-0.25, -0.2) is 23.5 Å². The van der Waals surface area contributed by atoms with Gasteiger partial charge >= 0.3 is 5.63 Å². The second kappa shape index (κ2) is 10.2. The summed E-state index contributed by atoms with van der Waals surface area (Å²) in [6.07, 6.45) is 3.74. The Kier molecular flexibility index (Phi) is 7.06. The molecule has 1 aliphatic heterocycles. The van der Waals surface area contributed by atoms with Gasteiger partial charge < -0.3 is 24.5 Å². The van der Waals surface area contributed by atoms with Crippen molar-refractivity contribution in [2.24, 2.45) is 5.92 Å². The molecular formula is C24H24F2N4O5. The third-order valence-electron chi connectivity index (χ3n) is 5.94. The standard InChI is InChI=1S/C24H24F2N4O5/c1-4-19(31)29-14-5-6-27-10-12(14)8-18-28-11-13-7-15(35-24(32)23(13)30-18)20-21(25)16(33-2)9-17(34-3)22(20)26/h4,7,9,11-12,14,27H,1,5-6,8,10H2,2-3H3,(H,29,31)/t12?,14-/m0/s1. The van der Waals surface area contributed by atoms with Gasteiger partial charge in [0.2, 0.25) is 5.91 Å². The molecule has 11 heteroatoms. The summed E-state index contributed by atoms with van der Waals surface area (Å²) in [7, 11) is 2.45. The van der Waals surface area contributed by atoms with Crippen LogP contribution in [0.2, 0.25) is 0 Å². The number of benzene rings is 1. The van der Waals surface area contributed by atoms with Crippen molar-refractivity contribution in [1.29, 1.82) is 0 Å². The van der Waals surface area contributed by atoms with Crippen LogP contribution in [-0.2, 0) is 11.2 Å². The molecule has 0 bridgehead atoms. The molecule has 1 saturated heterocycles. The molecule has 0 spiro atoms. The molecule has 2 N–H and O–H groups in total. The Balaban J connectivity index is 1.69. The first-order valence-electron chi connectivity index (χ1n) is 10.9. The topological polar surface area (TPSA) is 116 Å². The van der Waals surface area contributed by atoms with Gasteiger partial charge in [-0.1, -0.05) is 6.58 Å². The van der Waals surface area contributed by atoms with Gasteiger partial charge in [-0.05, 0) is 31.0 Å². The highest BCUT2D eigenvalue weighted by Crippen LogP contribution is 2.37. The van der Waals surface area contributed by atoms with Crippen molar-refractivity contribution in [2.45, 2.75) is 18.9 Å². The van der Waals surface area contributed by atoms with E-state index >= 15 is 0 Å². The number of rotatable bonds is 7. The van der Waals surface area contributed by atoms with Crippen LogP contribution in [0.3, 0.4) is 0 Å². The Labute approximate surface area is 199 Å². The van der Waals surface area contributed by atoms with Gasteiger partial charge in [-0.3, -0.25) is 4.79 Å². The Morgan fingerprint density at radius 1 is 1.29 bits per heavy atom. The number of piperidine rings is 1. The van der Waals surface area contributed by atoms with Gasteiger partial charge in [0.1, 0.15) is 11.6 Å². The first-order valence-corrected chi connectivity index (χ1v) is 10.9. The molecule has 9 nitrogen and oxygen atoms in total. The lowest BCUT2D eigenvalue weighted by Gasteiger charge is -2.32. The summed E-state index contributed by atoms with van der Waals surface area (Å²) in [6, 6.07) is 2.25. The Hall–Kier alpha value is -3.86. The normalized spacial score (nSPS) is 17.7. The number of carbonyl (C=O) groups excluding carboxylic acids is 1. The molecule has 184 valence electrons. The van der Waals surface area contributed by atoms with Crippen LogP contribution < -0.4 is 25.7 Å². The van der Waals surface area contributed by atoms with Gasteiger partial charge in [-0.15, -0.1) is 0 Å². The maximum atomic E-state index is 14.9. The molecule has 1 unspecified atom stereocenters. The van der Waals surface area contributed by atoms with Gasteiger partial charge in [0, 0.05) is 36.7 Å². The first kappa shape index (κ1) is 24.3. The fourth-order valence-electron chi connectivity index (χ4n) is 4.14. The van der Waals surface area contributed by atoms with Crippen LogP contribution in [0.25, 0.3) is 22.2 Å². The number of nitrogens with one attached hydrogen (secondary N) is 2. The maximum absolute atomic E-state index is 14.9. The molecule has 4 rings (SSSR count). The van der Waals surface area contributed by atoms with Crippen molar-refractivity contribution in [3.05, 3.63) is 58.9 Å². The first-order chi connectivity index (χ1) is 16.9. The molecule has 2 atom stereocenters. The van der Waals surface area contributed by atoms with E-state index in [0.717, 1.165) is 19.0 Å². The third-order valence-corrected chi connectivity index (χ3v) is 5.94. The van der Waals surface area contributed by atoms with E-state index in [1.54, 1.807) is 0 Å². The van der Waals surface area contributed by atoms with E-state index in [1.807, 2.05) is 0 Å². The average Bonchev–Trinajstić information content (AvgIpc) is 2.86. The minimum Gasteiger partial charge on any atom is -0.494 e. The number of amides is 1. The van der Waals surface area contributed by atoms with Gasteiger partial charge in [0.05, 0.1) is 19.8 Å². The summed E-state index contributed by atoms with van der Waals surface area (Å²) in [5.74, 6) is -2.86. The minimum atomic E-state index is -1.04. The lowest BCUT2D eigenvalue weighted by molar-refractivity contribution is -0.117. The number of carbonyl (C=O) groups is 1. The van der Waals surface area contributed by atoms with Gasteiger partial charge in [-0.2, -0.15) is 0 Å². The molecule has 3 aromatic rings. The van der Waals surface area contributed by atoms with Crippen LogP contribution in [0.4, 0.5) is 8.78 Å². The van der Waals surface area contributed by atoms with Crippen molar-refractivity contribution in [1.82, 2.24) is 20.6 Å². The van der Waals surface area contributed by atoms with E-state index in [4.69, 9.17) is 13.9 Å². The smallest absolute Gasteiger partial charge is 0.363 e. The highest BCUT2D eigenvalue weighted by atomic mass is 19.1. The number of ether oxygens (including phenoxy) is 2. The molecule has 0 radical (unpaired) electrons. The summed E-state index contributed by atoms with van der Waals surface area (Å²) < 4.78 is 44.9. The fraction of sp³-hybridized carbons (Fsp3) is 0.333. The quantitative estimate of drug-likeness (QED) is 0.489. The molecule has 1 aromatic carbocycles. The van der Waals surface area contributed by atoms with E-state index in [9.17, 15) is 18.4 Å². The largest absolute Gasteiger partial charge is 0.494 e. The zero-order chi connectivity index (χ0) is 25.1. The van der Waals surface area contributed by atoms with Crippen molar-refractivity contribution >= 4 is 16.8 Å². The zero-order valence-electron chi connectivity index (χ0n) is 19.2. The lowest BCUT2D eigenvalue weighted by atomic mass is 9.90. The van der Waals surface area contributed by atoms with E-state index in [2.05, 4.69) is 27.2 Å². The van der Waals surface area contributed by atoms with Crippen LogP contribution >= 0.6 is 0 Å². The van der Waals surface area contributed by atoms with Crippen molar-refractivity contribution in [2.75, 3.05) is 27.3 Å². The second-order valence-electron chi connectivity index (χ2n) is 8.05. The van der Waals surface area contributed by atoms with E-state index < -0.39 is 22.8 Å². The highest BCUT2D eigenvalue weighted by molar-refractivity contribution is 5.87. The average molecular weight is 486 g/mol. The predicted octanol–water partition coefficient (Wildman–Crippen LogP) is 2.37. The molecule has 1 aliphatic rings. The Morgan fingerprint density at radius 2 is 2.00 bits per heavy atom. The van der Waals surface area contributed by atoms with E-state index in [1.165, 1.54) is 32.6 Å². The third kappa shape index (κ3) is 4.85. The predicted molar refractivity (Wildman–Crippen MR) is 123 cm³/mol.